The van der Waals surface area contributed by atoms with Gasteiger partial charge in [-0.3, -0.25) is 9.89 Å². The SMILES string of the molecule is O=C(NCc1ncn[nH]1)c1ccc(Cl)nc1Cl. The summed E-state index contributed by atoms with van der Waals surface area (Å²) < 4.78 is 0. The van der Waals surface area contributed by atoms with E-state index in [0.717, 1.165) is 0 Å². The number of carbonyl (C=O) groups excluding carboxylic acids is 1. The van der Waals surface area contributed by atoms with Crippen molar-refractivity contribution in [2.24, 2.45) is 0 Å². The van der Waals surface area contributed by atoms with Gasteiger partial charge in [-0.15, -0.1) is 0 Å². The van der Waals surface area contributed by atoms with Gasteiger partial charge in [0, 0.05) is 0 Å². The molecule has 0 aromatic carbocycles. The second-order valence-corrected chi connectivity index (χ2v) is 3.83. The van der Waals surface area contributed by atoms with E-state index in [9.17, 15) is 4.79 Å². The van der Waals surface area contributed by atoms with Gasteiger partial charge in [-0.25, -0.2) is 9.97 Å². The summed E-state index contributed by atoms with van der Waals surface area (Å²) >= 11 is 11.4. The lowest BCUT2D eigenvalue weighted by Gasteiger charge is -2.04. The maximum Gasteiger partial charge on any atom is 0.254 e. The van der Waals surface area contributed by atoms with E-state index in [0.29, 0.717) is 5.82 Å². The second-order valence-electron chi connectivity index (χ2n) is 3.09. The van der Waals surface area contributed by atoms with E-state index in [4.69, 9.17) is 23.2 Å². The Bertz CT molecular complexity index is 528. The first kappa shape index (κ1) is 11.8. The fourth-order valence-corrected chi connectivity index (χ4v) is 1.59. The maximum absolute atomic E-state index is 11.7. The van der Waals surface area contributed by atoms with Crippen LogP contribution >= 0.6 is 23.2 Å². The summed E-state index contributed by atoms with van der Waals surface area (Å²) in [6, 6.07) is 3.00. The third kappa shape index (κ3) is 2.92. The molecule has 8 heteroatoms. The van der Waals surface area contributed by atoms with Gasteiger partial charge in [0.2, 0.25) is 0 Å². The summed E-state index contributed by atoms with van der Waals surface area (Å²) in [5.74, 6) is 0.201. The molecule has 0 fully saturated rings. The van der Waals surface area contributed by atoms with E-state index in [-0.39, 0.29) is 28.3 Å². The molecule has 2 rings (SSSR count). The molecule has 2 heterocycles. The van der Waals surface area contributed by atoms with Crippen molar-refractivity contribution in [3.63, 3.8) is 0 Å². The highest BCUT2D eigenvalue weighted by Gasteiger charge is 2.11. The Morgan fingerprint density at radius 2 is 2.24 bits per heavy atom. The van der Waals surface area contributed by atoms with E-state index in [1.54, 1.807) is 0 Å². The highest BCUT2D eigenvalue weighted by atomic mass is 35.5. The van der Waals surface area contributed by atoms with Crippen LogP contribution in [0.15, 0.2) is 18.5 Å². The predicted octanol–water partition coefficient (Wildman–Crippen LogP) is 1.44. The molecule has 0 atom stereocenters. The van der Waals surface area contributed by atoms with Crippen molar-refractivity contribution in [3.8, 4) is 0 Å². The molecule has 17 heavy (non-hydrogen) atoms. The number of pyridine rings is 1. The van der Waals surface area contributed by atoms with E-state index in [1.165, 1.54) is 18.5 Å². The van der Waals surface area contributed by atoms with Gasteiger partial charge in [-0.2, -0.15) is 5.10 Å². The van der Waals surface area contributed by atoms with Crippen LogP contribution < -0.4 is 5.32 Å². The molecule has 1 amide bonds. The summed E-state index contributed by atoms with van der Waals surface area (Å²) in [6.45, 7) is 0.234. The van der Waals surface area contributed by atoms with E-state index >= 15 is 0 Å². The molecular weight excluding hydrogens is 265 g/mol. The Labute approximate surface area is 106 Å². The lowest BCUT2D eigenvalue weighted by Crippen LogP contribution is -2.24. The summed E-state index contributed by atoms with van der Waals surface area (Å²) in [4.78, 5) is 19.4. The van der Waals surface area contributed by atoms with Gasteiger partial charge in [0.15, 0.2) is 0 Å². The third-order valence-corrected chi connectivity index (χ3v) is 2.44. The summed E-state index contributed by atoms with van der Waals surface area (Å²) in [6.07, 6.45) is 1.36. The maximum atomic E-state index is 11.7. The predicted molar refractivity (Wildman–Crippen MR) is 61.8 cm³/mol. The quantitative estimate of drug-likeness (QED) is 0.828. The first-order valence-corrected chi connectivity index (χ1v) is 5.37. The molecule has 0 aliphatic heterocycles. The summed E-state index contributed by atoms with van der Waals surface area (Å²) in [5.41, 5.74) is 0.260. The average Bonchev–Trinajstić information content (AvgIpc) is 2.78. The lowest BCUT2D eigenvalue weighted by molar-refractivity contribution is 0.0949. The average molecular weight is 272 g/mol. The standard InChI is InChI=1S/C9H7Cl2N5O/c10-6-2-1-5(8(11)15-6)9(17)12-3-7-13-4-14-16-7/h1-2,4H,3H2,(H,12,17)(H,13,14,16). The zero-order valence-electron chi connectivity index (χ0n) is 8.44. The van der Waals surface area contributed by atoms with E-state index in [1.807, 2.05) is 0 Å². The van der Waals surface area contributed by atoms with Crippen LogP contribution in [-0.4, -0.2) is 26.1 Å². The van der Waals surface area contributed by atoms with Gasteiger partial charge in [-0.05, 0) is 12.1 Å². The first-order chi connectivity index (χ1) is 8.16. The van der Waals surface area contributed by atoms with E-state index < -0.39 is 0 Å². The molecule has 0 aliphatic rings. The second kappa shape index (κ2) is 5.11. The molecule has 0 spiro atoms. The number of nitrogens with one attached hydrogen (secondary N) is 2. The van der Waals surface area contributed by atoms with Crippen LogP contribution in [0, 0.1) is 0 Å². The van der Waals surface area contributed by atoms with Gasteiger partial charge in [0.05, 0.1) is 12.1 Å². The zero-order chi connectivity index (χ0) is 12.3. The van der Waals surface area contributed by atoms with Crippen LogP contribution in [0.25, 0.3) is 0 Å². The number of nitrogens with zero attached hydrogens (tertiary/aromatic N) is 3. The Morgan fingerprint density at radius 3 is 2.88 bits per heavy atom. The molecule has 2 aromatic rings. The fraction of sp³-hybridized carbons (Fsp3) is 0.111. The van der Waals surface area contributed by atoms with Gasteiger partial charge in [-0.1, -0.05) is 23.2 Å². The van der Waals surface area contributed by atoms with Crippen molar-refractivity contribution in [2.75, 3.05) is 0 Å². The largest absolute Gasteiger partial charge is 0.345 e. The molecule has 0 saturated heterocycles. The molecule has 0 bridgehead atoms. The Balaban J connectivity index is 2.04. The van der Waals surface area contributed by atoms with Gasteiger partial charge in [0.25, 0.3) is 5.91 Å². The zero-order valence-corrected chi connectivity index (χ0v) is 9.96. The van der Waals surface area contributed by atoms with Crippen molar-refractivity contribution in [1.82, 2.24) is 25.5 Å². The van der Waals surface area contributed by atoms with Crippen LogP contribution in [-0.2, 0) is 6.54 Å². The number of aromatic amines is 1. The topological polar surface area (TPSA) is 83.6 Å². The number of rotatable bonds is 3. The molecule has 2 aromatic heterocycles. The highest BCUT2D eigenvalue weighted by molar-refractivity contribution is 6.34. The first-order valence-electron chi connectivity index (χ1n) is 4.61. The Kier molecular flexibility index (Phi) is 3.55. The Hall–Kier alpha value is -1.66. The van der Waals surface area contributed by atoms with Gasteiger partial charge < -0.3 is 5.32 Å². The number of hydrogen-bond acceptors (Lipinski definition) is 4. The molecule has 0 saturated carbocycles. The van der Waals surface area contributed by atoms with Crippen LogP contribution in [0.3, 0.4) is 0 Å². The Morgan fingerprint density at radius 1 is 1.41 bits per heavy atom. The van der Waals surface area contributed by atoms with E-state index in [2.05, 4.69) is 25.5 Å². The number of carbonyl (C=O) groups is 1. The lowest BCUT2D eigenvalue weighted by atomic mass is 10.2. The molecule has 2 N–H and O–H groups in total. The monoisotopic (exact) mass is 271 g/mol. The molecule has 6 nitrogen and oxygen atoms in total. The fourth-order valence-electron chi connectivity index (χ4n) is 1.16. The number of H-pyrrole nitrogens is 1. The molecular formula is C9H7Cl2N5O. The third-order valence-electron chi connectivity index (χ3n) is 1.94. The number of halogens is 2. The number of aromatic nitrogens is 4. The van der Waals surface area contributed by atoms with Gasteiger partial charge >= 0.3 is 0 Å². The minimum atomic E-state index is -0.351. The van der Waals surface area contributed by atoms with Crippen LogP contribution in [0.5, 0.6) is 0 Å². The summed E-state index contributed by atoms with van der Waals surface area (Å²) in [7, 11) is 0. The van der Waals surface area contributed by atoms with Crippen molar-refractivity contribution in [1.29, 1.82) is 0 Å². The normalized spacial score (nSPS) is 10.2. The van der Waals surface area contributed by atoms with Crippen molar-refractivity contribution in [2.45, 2.75) is 6.54 Å². The molecule has 0 aliphatic carbocycles. The molecule has 0 unspecified atom stereocenters. The summed E-state index contributed by atoms with van der Waals surface area (Å²) in [5, 5.41) is 9.20. The highest BCUT2D eigenvalue weighted by Crippen LogP contribution is 2.16. The number of amides is 1. The van der Waals surface area contributed by atoms with Crippen molar-refractivity contribution in [3.05, 3.63) is 40.2 Å². The van der Waals surface area contributed by atoms with Crippen molar-refractivity contribution < 1.29 is 4.79 Å². The van der Waals surface area contributed by atoms with Crippen LogP contribution in [0.1, 0.15) is 16.2 Å². The minimum Gasteiger partial charge on any atom is -0.345 e. The molecule has 0 radical (unpaired) electrons. The van der Waals surface area contributed by atoms with Crippen molar-refractivity contribution >= 4 is 29.1 Å². The smallest absolute Gasteiger partial charge is 0.254 e. The van der Waals surface area contributed by atoms with Crippen LogP contribution in [0.2, 0.25) is 10.3 Å². The minimum absolute atomic E-state index is 0.0626. The number of hydrogen-bond donors (Lipinski definition) is 2. The van der Waals surface area contributed by atoms with Gasteiger partial charge in [0.1, 0.15) is 22.5 Å². The van der Waals surface area contributed by atoms with Crippen LogP contribution in [0.4, 0.5) is 0 Å². The molecule has 88 valence electrons.